The molecule has 0 aliphatic carbocycles. The zero-order chi connectivity index (χ0) is 18.9. The van der Waals surface area contributed by atoms with Gasteiger partial charge in [-0.25, -0.2) is 4.79 Å². The minimum Gasteiger partial charge on any atom is -0.493 e. The third-order valence-electron chi connectivity index (χ3n) is 4.02. The molecule has 0 aliphatic rings. The summed E-state index contributed by atoms with van der Waals surface area (Å²) in [5.41, 5.74) is -0.144. The number of nitrogens with one attached hydrogen (secondary N) is 1. The largest absolute Gasteiger partial charge is 0.493 e. The molecule has 6 heteroatoms. The van der Waals surface area contributed by atoms with Crippen LogP contribution in [0.15, 0.2) is 18.2 Å². The van der Waals surface area contributed by atoms with Crippen LogP contribution in [0, 0.1) is 0 Å². The lowest BCUT2D eigenvalue weighted by molar-refractivity contribution is -0.139. The van der Waals surface area contributed by atoms with E-state index in [-0.39, 0.29) is 11.5 Å². The highest BCUT2D eigenvalue weighted by atomic mass is 16.5. The summed E-state index contributed by atoms with van der Waals surface area (Å²) in [7, 11) is 1.31. The summed E-state index contributed by atoms with van der Waals surface area (Å²) >= 11 is 0. The SMILES string of the molecule is CCCCOc1ccc(NC(=O)[C@@](C)(CC)OCC)cc1C(=O)OC. The summed E-state index contributed by atoms with van der Waals surface area (Å²) in [5.74, 6) is -0.320. The molecule has 0 heterocycles. The summed E-state index contributed by atoms with van der Waals surface area (Å²) in [5, 5.41) is 2.80. The number of methoxy groups -OCH3 is 1. The monoisotopic (exact) mass is 351 g/mol. The molecular formula is C19H29NO5. The molecule has 25 heavy (non-hydrogen) atoms. The molecule has 0 fully saturated rings. The maximum Gasteiger partial charge on any atom is 0.341 e. The van der Waals surface area contributed by atoms with Gasteiger partial charge in [-0.3, -0.25) is 4.79 Å². The minimum absolute atomic E-state index is 0.257. The summed E-state index contributed by atoms with van der Waals surface area (Å²) in [6, 6.07) is 4.93. The normalized spacial score (nSPS) is 13.0. The maximum atomic E-state index is 12.5. The molecule has 1 atom stereocenters. The van der Waals surface area contributed by atoms with Crippen LogP contribution < -0.4 is 10.1 Å². The molecular weight excluding hydrogens is 322 g/mol. The Hall–Kier alpha value is -2.08. The Morgan fingerprint density at radius 2 is 1.92 bits per heavy atom. The van der Waals surface area contributed by atoms with Gasteiger partial charge >= 0.3 is 5.97 Å². The second-order valence-electron chi connectivity index (χ2n) is 5.88. The van der Waals surface area contributed by atoms with Gasteiger partial charge in [-0.15, -0.1) is 0 Å². The first kappa shape index (κ1) is 21.0. The minimum atomic E-state index is -0.920. The third-order valence-corrected chi connectivity index (χ3v) is 4.02. The fraction of sp³-hybridized carbons (Fsp3) is 0.579. The van der Waals surface area contributed by atoms with Gasteiger partial charge in [0.05, 0.1) is 13.7 Å². The lowest BCUT2D eigenvalue weighted by Gasteiger charge is -2.26. The Labute approximate surface area is 149 Å². The smallest absolute Gasteiger partial charge is 0.341 e. The first-order valence-corrected chi connectivity index (χ1v) is 8.72. The van der Waals surface area contributed by atoms with Crippen LogP contribution in [-0.4, -0.2) is 37.8 Å². The fourth-order valence-corrected chi connectivity index (χ4v) is 2.24. The molecule has 6 nitrogen and oxygen atoms in total. The number of ether oxygens (including phenoxy) is 3. The Morgan fingerprint density at radius 1 is 1.20 bits per heavy atom. The number of carbonyl (C=O) groups excluding carboxylic acids is 2. The van der Waals surface area contributed by atoms with Gasteiger partial charge in [0.15, 0.2) is 0 Å². The van der Waals surface area contributed by atoms with E-state index < -0.39 is 11.6 Å². The van der Waals surface area contributed by atoms with Gasteiger partial charge in [-0.05, 0) is 44.9 Å². The summed E-state index contributed by atoms with van der Waals surface area (Å²) < 4.78 is 16.0. The van der Waals surface area contributed by atoms with Gasteiger partial charge in [0, 0.05) is 12.3 Å². The van der Waals surface area contributed by atoms with E-state index in [9.17, 15) is 9.59 Å². The molecule has 0 radical (unpaired) electrons. The fourth-order valence-electron chi connectivity index (χ4n) is 2.24. The van der Waals surface area contributed by atoms with E-state index in [4.69, 9.17) is 14.2 Å². The van der Waals surface area contributed by atoms with Crippen molar-refractivity contribution in [2.24, 2.45) is 0 Å². The second kappa shape index (κ2) is 10.0. The van der Waals surface area contributed by atoms with Crippen molar-refractivity contribution in [3.05, 3.63) is 23.8 Å². The van der Waals surface area contributed by atoms with Crippen molar-refractivity contribution < 1.29 is 23.8 Å². The number of hydrogen-bond donors (Lipinski definition) is 1. The van der Waals surface area contributed by atoms with Crippen molar-refractivity contribution in [1.29, 1.82) is 0 Å². The van der Waals surface area contributed by atoms with Crippen LogP contribution in [-0.2, 0) is 14.3 Å². The molecule has 1 aromatic rings. The number of esters is 1. The van der Waals surface area contributed by atoms with Gasteiger partial charge in [0.1, 0.15) is 16.9 Å². The van der Waals surface area contributed by atoms with Crippen LogP contribution in [0.4, 0.5) is 5.69 Å². The molecule has 0 bridgehead atoms. The molecule has 1 amide bonds. The number of amides is 1. The highest BCUT2D eigenvalue weighted by Crippen LogP contribution is 2.26. The van der Waals surface area contributed by atoms with Gasteiger partial charge in [-0.1, -0.05) is 20.3 Å². The molecule has 1 N–H and O–H groups in total. The molecule has 0 unspecified atom stereocenters. The highest BCUT2D eigenvalue weighted by Gasteiger charge is 2.32. The Bertz CT molecular complexity index is 587. The average Bonchev–Trinajstić information content (AvgIpc) is 2.62. The number of hydrogen-bond acceptors (Lipinski definition) is 5. The quantitative estimate of drug-likeness (QED) is 0.513. The van der Waals surface area contributed by atoms with E-state index in [1.165, 1.54) is 7.11 Å². The number of rotatable bonds is 10. The van der Waals surface area contributed by atoms with Crippen molar-refractivity contribution in [2.75, 3.05) is 25.6 Å². The van der Waals surface area contributed by atoms with E-state index in [1.807, 2.05) is 13.8 Å². The second-order valence-corrected chi connectivity index (χ2v) is 5.88. The van der Waals surface area contributed by atoms with E-state index in [2.05, 4.69) is 12.2 Å². The number of unbranched alkanes of at least 4 members (excludes halogenated alkanes) is 1. The topological polar surface area (TPSA) is 73.9 Å². The summed E-state index contributed by atoms with van der Waals surface area (Å²) in [4.78, 5) is 24.5. The summed E-state index contributed by atoms with van der Waals surface area (Å²) in [6.07, 6.45) is 2.42. The number of anilines is 1. The Kier molecular flexibility index (Phi) is 8.41. The Balaban J connectivity index is 3.01. The zero-order valence-electron chi connectivity index (χ0n) is 15.8. The van der Waals surface area contributed by atoms with E-state index in [0.717, 1.165) is 12.8 Å². The predicted octanol–water partition coefficient (Wildman–Crippen LogP) is 3.80. The van der Waals surface area contributed by atoms with Gasteiger partial charge < -0.3 is 19.5 Å². The first-order chi connectivity index (χ1) is 11.9. The van der Waals surface area contributed by atoms with Crippen LogP contribution in [0.25, 0.3) is 0 Å². The first-order valence-electron chi connectivity index (χ1n) is 8.72. The van der Waals surface area contributed by atoms with Crippen LogP contribution in [0.2, 0.25) is 0 Å². The lowest BCUT2D eigenvalue weighted by atomic mass is 10.0. The van der Waals surface area contributed by atoms with Crippen molar-refractivity contribution >= 4 is 17.6 Å². The number of benzene rings is 1. The van der Waals surface area contributed by atoms with Crippen molar-refractivity contribution in [2.45, 2.75) is 52.6 Å². The van der Waals surface area contributed by atoms with Gasteiger partial charge in [0.2, 0.25) is 0 Å². The van der Waals surface area contributed by atoms with Crippen LogP contribution in [0.3, 0.4) is 0 Å². The van der Waals surface area contributed by atoms with Crippen LogP contribution in [0.1, 0.15) is 57.3 Å². The molecule has 0 saturated carbocycles. The molecule has 1 rings (SSSR count). The number of carbonyl (C=O) groups is 2. The molecule has 0 aliphatic heterocycles. The van der Waals surface area contributed by atoms with E-state index in [0.29, 0.717) is 31.1 Å². The Morgan fingerprint density at radius 3 is 2.48 bits per heavy atom. The van der Waals surface area contributed by atoms with Gasteiger partial charge in [0.25, 0.3) is 5.91 Å². The maximum absolute atomic E-state index is 12.5. The molecule has 1 aromatic carbocycles. The predicted molar refractivity (Wildman–Crippen MR) is 97.1 cm³/mol. The molecule has 0 saturated heterocycles. The molecule has 140 valence electrons. The zero-order valence-corrected chi connectivity index (χ0v) is 15.8. The van der Waals surface area contributed by atoms with Crippen molar-refractivity contribution in [3.8, 4) is 5.75 Å². The van der Waals surface area contributed by atoms with E-state index in [1.54, 1.807) is 25.1 Å². The van der Waals surface area contributed by atoms with Gasteiger partial charge in [-0.2, -0.15) is 0 Å². The van der Waals surface area contributed by atoms with Crippen molar-refractivity contribution in [1.82, 2.24) is 0 Å². The standard InChI is InChI=1S/C19H29NO5/c1-6-9-12-24-16-11-10-14(13-15(16)17(21)23-5)20-18(22)19(4,7-2)25-8-3/h10-11,13H,6-9,12H2,1-5H3,(H,20,22)/t19-/m1/s1. The van der Waals surface area contributed by atoms with Crippen LogP contribution in [0.5, 0.6) is 5.75 Å². The van der Waals surface area contributed by atoms with Crippen molar-refractivity contribution in [3.63, 3.8) is 0 Å². The average molecular weight is 351 g/mol. The molecule has 0 spiro atoms. The van der Waals surface area contributed by atoms with Crippen LogP contribution >= 0.6 is 0 Å². The lowest BCUT2D eigenvalue weighted by Crippen LogP contribution is -2.42. The highest BCUT2D eigenvalue weighted by molar-refractivity contribution is 5.99. The van der Waals surface area contributed by atoms with E-state index >= 15 is 0 Å². The molecule has 0 aromatic heterocycles. The summed E-state index contributed by atoms with van der Waals surface area (Å²) in [6.45, 7) is 8.50. The third kappa shape index (κ3) is 5.74.